The van der Waals surface area contributed by atoms with Gasteiger partial charge in [-0.1, -0.05) is 29.8 Å². The summed E-state index contributed by atoms with van der Waals surface area (Å²) in [5.74, 6) is -1.19. The number of urea groups is 1. The fraction of sp³-hybridized carbons (Fsp3) is 0.333. The van der Waals surface area contributed by atoms with Crippen molar-refractivity contribution in [2.24, 2.45) is 0 Å². The summed E-state index contributed by atoms with van der Waals surface area (Å²) in [4.78, 5) is 22.3. The molecule has 0 saturated carbocycles. The van der Waals surface area contributed by atoms with Gasteiger partial charge in [0.2, 0.25) is 0 Å². The minimum absolute atomic E-state index is 0.0468. The normalized spacial score (nSPS) is 11.7. The lowest BCUT2D eigenvalue weighted by atomic mass is 10.2. The second-order valence-corrected chi connectivity index (χ2v) is 4.23. The maximum Gasteiger partial charge on any atom is 0.326 e. The van der Waals surface area contributed by atoms with Gasteiger partial charge in [0.05, 0.1) is 0 Å². The molecule has 0 aliphatic heterocycles. The van der Waals surface area contributed by atoms with Gasteiger partial charge in [-0.05, 0) is 11.6 Å². The van der Waals surface area contributed by atoms with Crippen LogP contribution in [0.4, 0.5) is 4.79 Å². The Morgan fingerprint density at radius 3 is 2.58 bits per heavy atom. The van der Waals surface area contributed by atoms with E-state index in [-0.39, 0.29) is 19.6 Å². The summed E-state index contributed by atoms with van der Waals surface area (Å²) in [5, 5.41) is 22.8. The number of hydrogen-bond donors (Lipinski definition) is 4. The molecule has 0 aliphatic rings. The fourth-order valence-corrected chi connectivity index (χ4v) is 1.62. The molecule has 0 heterocycles. The van der Waals surface area contributed by atoms with Gasteiger partial charge in [-0.25, -0.2) is 9.59 Å². The van der Waals surface area contributed by atoms with Crippen molar-refractivity contribution in [3.8, 4) is 0 Å². The zero-order valence-corrected chi connectivity index (χ0v) is 10.9. The Bertz CT molecular complexity index is 453. The van der Waals surface area contributed by atoms with Crippen LogP contribution in [-0.2, 0) is 11.3 Å². The second-order valence-electron chi connectivity index (χ2n) is 3.82. The van der Waals surface area contributed by atoms with E-state index in [9.17, 15) is 9.59 Å². The van der Waals surface area contributed by atoms with Crippen molar-refractivity contribution < 1.29 is 19.8 Å². The average molecular weight is 287 g/mol. The maximum atomic E-state index is 11.5. The van der Waals surface area contributed by atoms with Crippen molar-refractivity contribution >= 4 is 23.6 Å². The standard InChI is InChI=1S/C12H15ClN2O4/c13-9-4-2-1-3-8(9)7-14-12(19)15-10(5-6-16)11(17)18/h1-4,10,16H,5-7H2,(H,17,18)(H2,14,15,19)/t10-/m1/s1. The number of nitrogens with one attached hydrogen (secondary N) is 2. The molecule has 0 bridgehead atoms. The third-order valence-electron chi connectivity index (χ3n) is 2.42. The van der Waals surface area contributed by atoms with E-state index < -0.39 is 18.0 Å². The number of carboxylic acids is 1. The molecule has 4 N–H and O–H groups in total. The van der Waals surface area contributed by atoms with E-state index >= 15 is 0 Å². The van der Waals surface area contributed by atoms with Crippen molar-refractivity contribution in [2.45, 2.75) is 19.0 Å². The Balaban J connectivity index is 2.47. The molecule has 0 aliphatic carbocycles. The molecule has 0 spiro atoms. The number of carbonyl (C=O) groups is 2. The molecule has 1 atom stereocenters. The minimum Gasteiger partial charge on any atom is -0.480 e. The predicted molar refractivity (Wildman–Crippen MR) is 70.0 cm³/mol. The monoisotopic (exact) mass is 286 g/mol. The molecule has 1 aromatic carbocycles. The van der Waals surface area contributed by atoms with Crippen molar-refractivity contribution in [3.05, 3.63) is 34.9 Å². The van der Waals surface area contributed by atoms with E-state index in [1.807, 2.05) is 0 Å². The van der Waals surface area contributed by atoms with Gasteiger partial charge in [-0.2, -0.15) is 0 Å². The Hall–Kier alpha value is -1.79. The Labute approximate surface area is 115 Å². The lowest BCUT2D eigenvalue weighted by molar-refractivity contribution is -0.139. The number of aliphatic carboxylic acids is 1. The number of aliphatic hydroxyl groups is 1. The van der Waals surface area contributed by atoms with Crippen LogP contribution in [0.25, 0.3) is 0 Å². The van der Waals surface area contributed by atoms with Crippen LogP contribution in [0, 0.1) is 0 Å². The number of carboxylic acid groups (broad SMARTS) is 1. The van der Waals surface area contributed by atoms with Crippen molar-refractivity contribution in [1.82, 2.24) is 10.6 Å². The summed E-state index contributed by atoms with van der Waals surface area (Å²) in [6.45, 7) is -0.126. The number of halogens is 1. The van der Waals surface area contributed by atoms with Gasteiger partial charge in [-0.15, -0.1) is 0 Å². The first kappa shape index (κ1) is 15.3. The summed E-state index contributed by atoms with van der Waals surface area (Å²) in [5.41, 5.74) is 0.730. The molecule has 1 aromatic rings. The zero-order valence-electron chi connectivity index (χ0n) is 10.1. The molecule has 6 nitrogen and oxygen atoms in total. The van der Waals surface area contributed by atoms with Gasteiger partial charge < -0.3 is 20.8 Å². The topological polar surface area (TPSA) is 98.7 Å². The van der Waals surface area contributed by atoms with Crippen LogP contribution in [0.2, 0.25) is 5.02 Å². The van der Waals surface area contributed by atoms with Gasteiger partial charge in [0.1, 0.15) is 6.04 Å². The number of carbonyl (C=O) groups excluding carboxylic acids is 1. The maximum absolute atomic E-state index is 11.5. The molecule has 0 saturated heterocycles. The van der Waals surface area contributed by atoms with Gasteiger partial charge in [-0.3, -0.25) is 0 Å². The van der Waals surface area contributed by atoms with Gasteiger partial charge >= 0.3 is 12.0 Å². The number of benzene rings is 1. The molecule has 0 aromatic heterocycles. The summed E-state index contributed by atoms with van der Waals surface area (Å²) in [6, 6.07) is 5.27. The van der Waals surface area contributed by atoms with Crippen LogP contribution in [0.15, 0.2) is 24.3 Å². The van der Waals surface area contributed by atoms with Crippen molar-refractivity contribution in [3.63, 3.8) is 0 Å². The van der Waals surface area contributed by atoms with Gasteiger partial charge in [0.25, 0.3) is 0 Å². The molecule has 7 heteroatoms. The number of amides is 2. The molecular formula is C12H15ClN2O4. The smallest absolute Gasteiger partial charge is 0.326 e. The summed E-state index contributed by atoms with van der Waals surface area (Å²) in [7, 11) is 0. The molecule has 19 heavy (non-hydrogen) atoms. The summed E-state index contributed by atoms with van der Waals surface area (Å²) < 4.78 is 0. The number of hydrogen-bond acceptors (Lipinski definition) is 3. The predicted octanol–water partition coefficient (Wildman–Crippen LogP) is 0.975. The highest BCUT2D eigenvalue weighted by molar-refractivity contribution is 6.31. The average Bonchev–Trinajstić information content (AvgIpc) is 2.37. The molecule has 2 amide bonds. The van der Waals surface area contributed by atoms with E-state index in [1.54, 1.807) is 24.3 Å². The summed E-state index contributed by atoms with van der Waals surface area (Å²) >= 11 is 5.91. The van der Waals surface area contributed by atoms with E-state index in [0.29, 0.717) is 5.02 Å². The molecule has 1 rings (SSSR count). The Morgan fingerprint density at radius 1 is 1.32 bits per heavy atom. The third kappa shape index (κ3) is 5.15. The summed E-state index contributed by atoms with van der Waals surface area (Å²) in [6.07, 6.45) is -0.0468. The quantitative estimate of drug-likeness (QED) is 0.626. The second kappa shape index (κ2) is 7.60. The highest BCUT2D eigenvalue weighted by Crippen LogP contribution is 2.14. The zero-order chi connectivity index (χ0) is 14.3. The third-order valence-corrected chi connectivity index (χ3v) is 2.79. The molecule has 0 fully saturated rings. The molecular weight excluding hydrogens is 272 g/mol. The van der Waals surface area contributed by atoms with E-state index in [2.05, 4.69) is 10.6 Å². The highest BCUT2D eigenvalue weighted by atomic mass is 35.5. The Kier molecular flexibility index (Phi) is 6.11. The highest BCUT2D eigenvalue weighted by Gasteiger charge is 2.18. The van der Waals surface area contributed by atoms with Crippen LogP contribution in [0.1, 0.15) is 12.0 Å². The van der Waals surface area contributed by atoms with Gasteiger partial charge in [0, 0.05) is 24.6 Å². The minimum atomic E-state index is -1.19. The number of aliphatic hydroxyl groups excluding tert-OH is 1. The fourth-order valence-electron chi connectivity index (χ4n) is 1.41. The molecule has 104 valence electrons. The van der Waals surface area contributed by atoms with Crippen LogP contribution in [0.3, 0.4) is 0 Å². The van der Waals surface area contributed by atoms with Crippen molar-refractivity contribution in [2.75, 3.05) is 6.61 Å². The van der Waals surface area contributed by atoms with Gasteiger partial charge in [0.15, 0.2) is 0 Å². The van der Waals surface area contributed by atoms with E-state index in [1.165, 1.54) is 0 Å². The van der Waals surface area contributed by atoms with E-state index in [4.69, 9.17) is 21.8 Å². The first-order valence-corrected chi connectivity index (χ1v) is 6.04. The SMILES string of the molecule is O=C(NCc1ccccc1Cl)N[C@H](CCO)C(=O)O. The van der Waals surface area contributed by atoms with Crippen molar-refractivity contribution in [1.29, 1.82) is 0 Å². The lowest BCUT2D eigenvalue weighted by Crippen LogP contribution is -2.46. The van der Waals surface area contributed by atoms with Crippen LogP contribution in [0.5, 0.6) is 0 Å². The van der Waals surface area contributed by atoms with Crippen LogP contribution >= 0.6 is 11.6 Å². The van der Waals surface area contributed by atoms with Crippen LogP contribution < -0.4 is 10.6 Å². The van der Waals surface area contributed by atoms with Crippen LogP contribution in [-0.4, -0.2) is 34.9 Å². The molecule has 0 radical (unpaired) electrons. The van der Waals surface area contributed by atoms with E-state index in [0.717, 1.165) is 5.56 Å². The Morgan fingerprint density at radius 2 is 2.00 bits per heavy atom. The first-order valence-electron chi connectivity index (χ1n) is 5.66. The first-order chi connectivity index (χ1) is 9.04. The largest absolute Gasteiger partial charge is 0.480 e. The molecule has 0 unspecified atom stereocenters. The lowest BCUT2D eigenvalue weighted by Gasteiger charge is -2.14. The number of rotatable bonds is 6.